The molecule has 1 heterocycles. The number of para-hydroxylation sites is 2. The summed E-state index contributed by atoms with van der Waals surface area (Å²) in [6.45, 7) is 0.959. The number of anilines is 2. The van der Waals surface area contributed by atoms with Gasteiger partial charge in [-0.2, -0.15) is 0 Å². The second kappa shape index (κ2) is 5.36. The van der Waals surface area contributed by atoms with E-state index in [4.69, 9.17) is 0 Å². The van der Waals surface area contributed by atoms with Crippen molar-refractivity contribution in [1.29, 1.82) is 0 Å². The highest BCUT2D eigenvalue weighted by Crippen LogP contribution is 2.26. The molecule has 3 heteroatoms. The van der Waals surface area contributed by atoms with Crippen LogP contribution in [0.2, 0.25) is 0 Å². The molecular formula is C15H16N2S. The van der Waals surface area contributed by atoms with E-state index in [2.05, 4.69) is 70.5 Å². The fourth-order valence-electron chi connectivity index (χ4n) is 2.14. The van der Waals surface area contributed by atoms with Crippen LogP contribution in [0.15, 0.2) is 60.7 Å². The van der Waals surface area contributed by atoms with E-state index < -0.39 is 0 Å². The molecule has 3 rings (SSSR count). The van der Waals surface area contributed by atoms with Crippen LogP contribution in [0.25, 0.3) is 0 Å². The second-order valence-corrected chi connectivity index (χ2v) is 5.28. The number of hydrogen-bond acceptors (Lipinski definition) is 3. The van der Waals surface area contributed by atoms with Gasteiger partial charge in [0.2, 0.25) is 0 Å². The lowest BCUT2D eigenvalue weighted by Crippen LogP contribution is -2.42. The Hall–Kier alpha value is -1.61. The zero-order chi connectivity index (χ0) is 12.2. The zero-order valence-corrected chi connectivity index (χ0v) is 11.0. The quantitative estimate of drug-likeness (QED) is 0.810. The van der Waals surface area contributed by atoms with Crippen LogP contribution < -0.4 is 9.80 Å². The molecule has 0 aromatic heterocycles. The van der Waals surface area contributed by atoms with Crippen LogP contribution in [-0.4, -0.2) is 18.4 Å². The minimum Gasteiger partial charge on any atom is -0.344 e. The molecule has 0 radical (unpaired) electrons. The van der Waals surface area contributed by atoms with Crippen LogP contribution in [0, 0.1) is 0 Å². The van der Waals surface area contributed by atoms with E-state index in [1.165, 1.54) is 11.4 Å². The van der Waals surface area contributed by atoms with Gasteiger partial charge in [0.1, 0.15) is 0 Å². The molecule has 18 heavy (non-hydrogen) atoms. The Morgan fingerprint density at radius 3 is 1.56 bits per heavy atom. The maximum absolute atomic E-state index is 2.40. The number of nitrogens with zero attached hydrogens (tertiary/aromatic N) is 2. The summed E-state index contributed by atoms with van der Waals surface area (Å²) in [6, 6.07) is 21.2. The van der Waals surface area contributed by atoms with Crippen LogP contribution in [0.5, 0.6) is 0 Å². The maximum atomic E-state index is 2.40. The van der Waals surface area contributed by atoms with Crippen molar-refractivity contribution >= 4 is 23.1 Å². The van der Waals surface area contributed by atoms with E-state index >= 15 is 0 Å². The minimum atomic E-state index is 0.959. The van der Waals surface area contributed by atoms with Gasteiger partial charge in [-0.3, -0.25) is 0 Å². The highest BCUT2D eigenvalue weighted by Gasteiger charge is 2.17. The van der Waals surface area contributed by atoms with Gasteiger partial charge in [0.25, 0.3) is 0 Å². The van der Waals surface area contributed by atoms with E-state index in [0.29, 0.717) is 0 Å². The predicted molar refractivity (Wildman–Crippen MR) is 80.0 cm³/mol. The third kappa shape index (κ3) is 2.46. The highest BCUT2D eigenvalue weighted by atomic mass is 32.2. The fourth-order valence-corrected chi connectivity index (χ4v) is 3.12. The van der Waals surface area contributed by atoms with Crippen LogP contribution in [-0.2, 0) is 0 Å². The third-order valence-electron chi connectivity index (χ3n) is 3.08. The van der Waals surface area contributed by atoms with Crippen molar-refractivity contribution in [3.63, 3.8) is 0 Å². The molecule has 1 fully saturated rings. The summed E-state index contributed by atoms with van der Waals surface area (Å²) >= 11 is 1.95. The van der Waals surface area contributed by atoms with Crippen LogP contribution in [0.4, 0.5) is 11.4 Å². The van der Waals surface area contributed by atoms with Crippen molar-refractivity contribution in [3.05, 3.63) is 60.7 Å². The Morgan fingerprint density at radius 1 is 0.667 bits per heavy atom. The van der Waals surface area contributed by atoms with E-state index in [1.807, 2.05) is 11.8 Å². The van der Waals surface area contributed by atoms with Crippen molar-refractivity contribution in [2.45, 2.75) is 0 Å². The van der Waals surface area contributed by atoms with E-state index in [1.54, 1.807) is 0 Å². The van der Waals surface area contributed by atoms with E-state index in [0.717, 1.165) is 18.4 Å². The Morgan fingerprint density at radius 2 is 1.11 bits per heavy atom. The topological polar surface area (TPSA) is 6.48 Å². The average molecular weight is 256 g/mol. The Balaban J connectivity index is 1.77. The lowest BCUT2D eigenvalue weighted by molar-refractivity contribution is 0.809. The lowest BCUT2D eigenvalue weighted by Gasteiger charge is -2.37. The molecule has 1 aliphatic heterocycles. The van der Waals surface area contributed by atoms with Crippen molar-refractivity contribution in [1.82, 2.24) is 0 Å². The largest absolute Gasteiger partial charge is 0.344 e. The molecule has 92 valence electrons. The Kier molecular flexibility index (Phi) is 3.42. The maximum Gasteiger partial charge on any atom is 0.0919 e. The molecule has 0 bridgehead atoms. The highest BCUT2D eigenvalue weighted by molar-refractivity contribution is 7.99. The smallest absolute Gasteiger partial charge is 0.0919 e. The molecule has 0 aliphatic carbocycles. The van der Waals surface area contributed by atoms with Crippen molar-refractivity contribution < 1.29 is 0 Å². The van der Waals surface area contributed by atoms with Crippen molar-refractivity contribution in [3.8, 4) is 0 Å². The third-order valence-corrected chi connectivity index (χ3v) is 4.07. The molecule has 0 spiro atoms. The molecule has 2 aromatic rings. The molecular weight excluding hydrogens is 240 g/mol. The van der Waals surface area contributed by atoms with Gasteiger partial charge in [-0.15, -0.1) is 11.8 Å². The number of thioether (sulfide) groups is 1. The average Bonchev–Trinajstić information content (AvgIpc) is 2.49. The van der Waals surface area contributed by atoms with Gasteiger partial charge in [-0.05, 0) is 24.3 Å². The van der Waals surface area contributed by atoms with Gasteiger partial charge >= 0.3 is 0 Å². The predicted octanol–water partition coefficient (Wildman–Crippen LogP) is 3.62. The van der Waals surface area contributed by atoms with Gasteiger partial charge in [0, 0.05) is 11.4 Å². The molecule has 0 N–H and O–H groups in total. The van der Waals surface area contributed by atoms with Crippen LogP contribution in [0.1, 0.15) is 0 Å². The normalized spacial score (nSPS) is 15.8. The number of benzene rings is 2. The van der Waals surface area contributed by atoms with Gasteiger partial charge in [-0.25, -0.2) is 0 Å². The standard InChI is InChI=1S/C15H16N2S/c1-3-7-14(8-4-1)16-11-17(13-18-12-16)15-9-5-2-6-10-15/h1-10H,11-13H2. The van der Waals surface area contributed by atoms with Gasteiger partial charge in [0.05, 0.1) is 18.4 Å². The summed E-state index contributed by atoms with van der Waals surface area (Å²) in [4.78, 5) is 4.81. The van der Waals surface area contributed by atoms with E-state index in [-0.39, 0.29) is 0 Å². The molecule has 1 aliphatic rings. The first-order valence-corrected chi connectivity index (χ1v) is 7.27. The molecule has 2 aromatic carbocycles. The van der Waals surface area contributed by atoms with Crippen LogP contribution in [0.3, 0.4) is 0 Å². The summed E-state index contributed by atoms with van der Waals surface area (Å²) in [5.74, 6) is 2.13. The lowest BCUT2D eigenvalue weighted by atomic mass is 10.3. The second-order valence-electron chi connectivity index (χ2n) is 4.35. The first-order chi connectivity index (χ1) is 8.93. The fraction of sp³-hybridized carbons (Fsp3) is 0.200. The molecule has 2 nitrogen and oxygen atoms in total. The van der Waals surface area contributed by atoms with Gasteiger partial charge in [0.15, 0.2) is 0 Å². The zero-order valence-electron chi connectivity index (χ0n) is 10.2. The summed E-state index contributed by atoms with van der Waals surface area (Å²) in [6.07, 6.45) is 0. The Bertz CT molecular complexity index is 441. The first kappa shape index (κ1) is 11.5. The summed E-state index contributed by atoms with van der Waals surface area (Å²) in [5, 5.41) is 0. The van der Waals surface area contributed by atoms with Gasteiger partial charge in [-0.1, -0.05) is 36.4 Å². The van der Waals surface area contributed by atoms with Crippen LogP contribution >= 0.6 is 11.8 Å². The summed E-state index contributed by atoms with van der Waals surface area (Å²) in [5.41, 5.74) is 2.59. The molecule has 0 unspecified atom stereocenters. The SMILES string of the molecule is c1ccc(N2CSCN(c3ccccc3)C2)cc1. The van der Waals surface area contributed by atoms with Crippen molar-refractivity contribution in [2.24, 2.45) is 0 Å². The minimum absolute atomic E-state index is 0.959. The summed E-state index contributed by atoms with van der Waals surface area (Å²) < 4.78 is 0. The molecule has 1 saturated heterocycles. The molecule has 0 atom stereocenters. The molecule has 0 amide bonds. The number of hydrogen-bond donors (Lipinski definition) is 0. The van der Waals surface area contributed by atoms with E-state index in [9.17, 15) is 0 Å². The summed E-state index contributed by atoms with van der Waals surface area (Å²) in [7, 11) is 0. The molecule has 0 saturated carbocycles. The van der Waals surface area contributed by atoms with Crippen molar-refractivity contribution in [2.75, 3.05) is 28.2 Å². The van der Waals surface area contributed by atoms with Gasteiger partial charge < -0.3 is 9.80 Å². The Labute approximate surface area is 112 Å². The first-order valence-electron chi connectivity index (χ1n) is 6.11. The monoisotopic (exact) mass is 256 g/mol. The number of rotatable bonds is 2.